The molecule has 124 valence electrons. The quantitative estimate of drug-likeness (QED) is 0.646. The maximum absolute atomic E-state index is 12.4. The maximum Gasteiger partial charge on any atom is 0.323 e. The van der Waals surface area contributed by atoms with Crippen LogP contribution in [0.15, 0.2) is 42.5 Å². The van der Waals surface area contributed by atoms with Gasteiger partial charge in [-0.05, 0) is 48.9 Å². The van der Waals surface area contributed by atoms with Gasteiger partial charge in [-0.1, -0.05) is 17.7 Å². The Morgan fingerprint density at radius 3 is 2.29 bits per heavy atom. The summed E-state index contributed by atoms with van der Waals surface area (Å²) in [4.78, 5) is 37.2. The Bertz CT molecular complexity index is 803. The van der Waals surface area contributed by atoms with Crippen LogP contribution in [-0.4, -0.2) is 17.7 Å². The maximum atomic E-state index is 12.4. The molecule has 0 heterocycles. The smallest absolute Gasteiger partial charge is 0.323 e. The highest BCUT2D eigenvalue weighted by Crippen LogP contribution is 2.23. The monoisotopic (exact) mass is 345 g/mol. The second kappa shape index (κ2) is 7.14. The third-order valence-corrected chi connectivity index (χ3v) is 3.79. The first-order valence-electron chi connectivity index (χ1n) is 7.08. The van der Waals surface area contributed by atoms with Crippen molar-refractivity contribution in [1.29, 1.82) is 0 Å². The van der Waals surface area contributed by atoms with E-state index >= 15 is 0 Å². The molecule has 0 saturated carbocycles. The molecule has 2 aromatic rings. The molecule has 0 unspecified atom stereocenters. The Labute approximate surface area is 144 Å². The Morgan fingerprint density at radius 1 is 1.08 bits per heavy atom. The van der Waals surface area contributed by atoms with Gasteiger partial charge in [0.15, 0.2) is 0 Å². The summed E-state index contributed by atoms with van der Waals surface area (Å²) < 4.78 is 0. The van der Waals surface area contributed by atoms with Gasteiger partial charge in [0.2, 0.25) is 5.91 Å². The summed E-state index contributed by atoms with van der Waals surface area (Å²) in [7, 11) is 0. The lowest BCUT2D eigenvalue weighted by Crippen LogP contribution is -2.42. The molecule has 24 heavy (non-hydrogen) atoms. The number of rotatable bonds is 2. The van der Waals surface area contributed by atoms with E-state index in [0.29, 0.717) is 22.0 Å². The normalized spacial score (nSPS) is 10.1. The van der Waals surface area contributed by atoms with E-state index in [4.69, 9.17) is 17.3 Å². The van der Waals surface area contributed by atoms with E-state index in [-0.39, 0.29) is 5.69 Å². The number of halogens is 1. The summed E-state index contributed by atoms with van der Waals surface area (Å²) in [6, 6.07) is 11.0. The number of nitrogen functional groups attached to an aromatic ring is 1. The van der Waals surface area contributed by atoms with Gasteiger partial charge in [0.05, 0.1) is 5.69 Å². The zero-order valence-corrected chi connectivity index (χ0v) is 13.9. The van der Waals surface area contributed by atoms with Crippen LogP contribution in [0.4, 0.5) is 17.1 Å². The number of nitrogens with zero attached hydrogens (tertiary/aromatic N) is 1. The lowest BCUT2D eigenvalue weighted by atomic mass is 10.2. The predicted octanol–water partition coefficient (Wildman–Crippen LogP) is 2.75. The number of anilines is 3. The van der Waals surface area contributed by atoms with Gasteiger partial charge in [-0.25, -0.2) is 4.90 Å². The summed E-state index contributed by atoms with van der Waals surface area (Å²) in [6.07, 6.45) is 0. The number of nitrogens with two attached hydrogens (primary N) is 1. The first-order valence-corrected chi connectivity index (χ1v) is 7.45. The SMILES string of the molecule is CC(=O)N(C(=O)C(=O)Nc1cccc(Cl)c1C)c1ccc(N)cc1. The summed E-state index contributed by atoms with van der Waals surface area (Å²) in [5.41, 5.74) is 7.37. The molecule has 3 N–H and O–H groups in total. The number of nitrogens with one attached hydrogen (secondary N) is 1. The van der Waals surface area contributed by atoms with Crippen molar-refractivity contribution in [2.75, 3.05) is 16.0 Å². The van der Waals surface area contributed by atoms with Gasteiger partial charge in [-0.15, -0.1) is 0 Å². The van der Waals surface area contributed by atoms with Crippen molar-refractivity contribution < 1.29 is 14.4 Å². The average molecular weight is 346 g/mol. The Hall–Kier alpha value is -2.86. The molecule has 6 nitrogen and oxygen atoms in total. The van der Waals surface area contributed by atoms with Crippen molar-refractivity contribution in [2.45, 2.75) is 13.8 Å². The van der Waals surface area contributed by atoms with Gasteiger partial charge >= 0.3 is 11.8 Å². The van der Waals surface area contributed by atoms with Gasteiger partial charge in [-0.3, -0.25) is 14.4 Å². The summed E-state index contributed by atoms with van der Waals surface area (Å²) in [6.45, 7) is 2.91. The Balaban J connectivity index is 2.26. The van der Waals surface area contributed by atoms with Gasteiger partial charge in [0.25, 0.3) is 0 Å². The van der Waals surface area contributed by atoms with Crippen molar-refractivity contribution in [1.82, 2.24) is 0 Å². The highest BCUT2D eigenvalue weighted by Gasteiger charge is 2.27. The van der Waals surface area contributed by atoms with Gasteiger partial charge in [0.1, 0.15) is 0 Å². The van der Waals surface area contributed by atoms with Crippen molar-refractivity contribution in [3.05, 3.63) is 53.1 Å². The lowest BCUT2D eigenvalue weighted by Gasteiger charge is -2.19. The molecule has 0 bridgehead atoms. The second-order valence-electron chi connectivity index (χ2n) is 5.12. The molecule has 2 aromatic carbocycles. The molecule has 0 aromatic heterocycles. The third kappa shape index (κ3) is 3.72. The van der Waals surface area contributed by atoms with Crippen LogP contribution < -0.4 is 16.0 Å². The fraction of sp³-hybridized carbons (Fsp3) is 0.118. The summed E-state index contributed by atoms with van der Waals surface area (Å²) in [5, 5.41) is 2.94. The summed E-state index contributed by atoms with van der Waals surface area (Å²) >= 11 is 5.99. The predicted molar refractivity (Wildman–Crippen MR) is 93.8 cm³/mol. The minimum absolute atomic E-state index is 0.264. The minimum Gasteiger partial charge on any atom is -0.399 e. The van der Waals surface area contributed by atoms with Crippen LogP contribution in [0.25, 0.3) is 0 Å². The molecular weight excluding hydrogens is 330 g/mol. The van der Waals surface area contributed by atoms with Crippen LogP contribution in [0.2, 0.25) is 5.02 Å². The zero-order valence-electron chi connectivity index (χ0n) is 13.2. The van der Waals surface area contributed by atoms with Crippen molar-refractivity contribution >= 4 is 46.4 Å². The standard InChI is InChI=1S/C17H16ClN3O3/c1-10-14(18)4-3-5-15(10)20-16(23)17(24)21(11(2)22)13-8-6-12(19)7-9-13/h3-9H,19H2,1-2H3,(H,20,23). The van der Waals surface area contributed by atoms with Crippen molar-refractivity contribution in [3.63, 3.8) is 0 Å². The van der Waals surface area contributed by atoms with Crippen LogP contribution in [0.5, 0.6) is 0 Å². The van der Waals surface area contributed by atoms with E-state index < -0.39 is 17.7 Å². The number of imide groups is 1. The number of benzene rings is 2. The average Bonchev–Trinajstić information content (AvgIpc) is 2.53. The zero-order chi connectivity index (χ0) is 17.9. The van der Waals surface area contributed by atoms with E-state index in [1.807, 2.05) is 0 Å². The highest BCUT2D eigenvalue weighted by atomic mass is 35.5. The number of amides is 3. The fourth-order valence-corrected chi connectivity index (χ4v) is 2.26. The van der Waals surface area contributed by atoms with E-state index in [1.54, 1.807) is 25.1 Å². The number of hydrogen-bond donors (Lipinski definition) is 2. The molecule has 0 aliphatic carbocycles. The Kier molecular flexibility index (Phi) is 5.21. The molecule has 3 amide bonds. The van der Waals surface area contributed by atoms with E-state index in [9.17, 15) is 14.4 Å². The molecule has 0 fully saturated rings. The summed E-state index contributed by atoms with van der Waals surface area (Å²) in [5.74, 6) is -2.51. The Morgan fingerprint density at radius 2 is 1.71 bits per heavy atom. The van der Waals surface area contributed by atoms with Gasteiger partial charge in [-0.2, -0.15) is 0 Å². The molecule has 7 heteroatoms. The van der Waals surface area contributed by atoms with Gasteiger partial charge in [0, 0.05) is 23.3 Å². The second-order valence-corrected chi connectivity index (χ2v) is 5.52. The van der Waals surface area contributed by atoms with Crippen LogP contribution in [0.1, 0.15) is 12.5 Å². The van der Waals surface area contributed by atoms with Crippen LogP contribution >= 0.6 is 11.6 Å². The molecule has 0 atom stereocenters. The first kappa shape index (κ1) is 17.5. The number of carbonyl (C=O) groups excluding carboxylic acids is 3. The molecule has 0 aliphatic rings. The van der Waals surface area contributed by atoms with E-state index in [2.05, 4.69) is 5.32 Å². The van der Waals surface area contributed by atoms with E-state index in [1.165, 1.54) is 31.2 Å². The third-order valence-electron chi connectivity index (χ3n) is 3.38. The van der Waals surface area contributed by atoms with E-state index in [0.717, 1.165) is 4.90 Å². The largest absolute Gasteiger partial charge is 0.399 e. The fourth-order valence-electron chi connectivity index (χ4n) is 2.09. The molecule has 0 radical (unpaired) electrons. The minimum atomic E-state index is -0.994. The molecule has 0 aliphatic heterocycles. The van der Waals surface area contributed by atoms with Crippen LogP contribution in [0, 0.1) is 6.92 Å². The first-order chi connectivity index (χ1) is 11.3. The lowest BCUT2D eigenvalue weighted by molar-refractivity contribution is -0.136. The number of carbonyl (C=O) groups is 3. The molecule has 2 rings (SSSR count). The molecule has 0 saturated heterocycles. The van der Waals surface area contributed by atoms with Crippen LogP contribution in [-0.2, 0) is 14.4 Å². The molecular formula is C17H16ClN3O3. The number of hydrogen-bond acceptors (Lipinski definition) is 4. The van der Waals surface area contributed by atoms with Crippen molar-refractivity contribution in [3.8, 4) is 0 Å². The topological polar surface area (TPSA) is 92.5 Å². The molecule has 0 spiro atoms. The van der Waals surface area contributed by atoms with Gasteiger partial charge < -0.3 is 11.1 Å². The highest BCUT2D eigenvalue weighted by molar-refractivity contribution is 6.48. The van der Waals surface area contributed by atoms with Crippen LogP contribution in [0.3, 0.4) is 0 Å². The van der Waals surface area contributed by atoms with Crippen molar-refractivity contribution in [2.24, 2.45) is 0 Å².